The second-order valence-corrected chi connectivity index (χ2v) is 5.86. The standard InChI is InChI=1S/C20H25NO4/c1-14(15-7-5-4-6-8-15)21-20(23)12-11-18(22)17-10-9-16(24-2)13-19(17)25-3/h4-10,13-14,18,22H,11-12H2,1-3H3,(H,21,23). The zero-order chi connectivity index (χ0) is 18.2. The molecule has 2 aromatic carbocycles. The highest BCUT2D eigenvalue weighted by Crippen LogP contribution is 2.31. The van der Waals surface area contributed by atoms with E-state index in [4.69, 9.17) is 9.47 Å². The van der Waals surface area contributed by atoms with Gasteiger partial charge in [-0.25, -0.2) is 0 Å². The predicted octanol–water partition coefficient (Wildman–Crippen LogP) is 3.39. The minimum absolute atomic E-state index is 0.0682. The van der Waals surface area contributed by atoms with E-state index in [1.807, 2.05) is 37.3 Å². The molecule has 2 unspecified atom stereocenters. The number of hydrogen-bond donors (Lipinski definition) is 2. The molecule has 2 atom stereocenters. The van der Waals surface area contributed by atoms with Crippen molar-refractivity contribution in [2.75, 3.05) is 14.2 Å². The van der Waals surface area contributed by atoms with Crippen molar-refractivity contribution in [2.45, 2.75) is 31.9 Å². The maximum absolute atomic E-state index is 12.1. The van der Waals surface area contributed by atoms with Gasteiger partial charge in [0.2, 0.25) is 5.91 Å². The summed E-state index contributed by atoms with van der Waals surface area (Å²) >= 11 is 0. The van der Waals surface area contributed by atoms with E-state index in [1.165, 1.54) is 0 Å². The average molecular weight is 343 g/mol. The number of benzene rings is 2. The van der Waals surface area contributed by atoms with Gasteiger partial charge >= 0.3 is 0 Å². The zero-order valence-electron chi connectivity index (χ0n) is 14.9. The van der Waals surface area contributed by atoms with Crippen LogP contribution in [0.3, 0.4) is 0 Å². The molecule has 0 fully saturated rings. The predicted molar refractivity (Wildman–Crippen MR) is 96.7 cm³/mol. The van der Waals surface area contributed by atoms with E-state index in [0.29, 0.717) is 23.5 Å². The lowest BCUT2D eigenvalue weighted by atomic mass is 10.0. The monoisotopic (exact) mass is 343 g/mol. The summed E-state index contributed by atoms with van der Waals surface area (Å²) in [7, 11) is 3.11. The van der Waals surface area contributed by atoms with E-state index in [1.54, 1.807) is 32.4 Å². The van der Waals surface area contributed by atoms with Gasteiger partial charge in [-0.2, -0.15) is 0 Å². The molecular formula is C20H25NO4. The lowest BCUT2D eigenvalue weighted by molar-refractivity contribution is -0.122. The number of methoxy groups -OCH3 is 2. The summed E-state index contributed by atoms with van der Waals surface area (Å²) in [5.74, 6) is 1.11. The van der Waals surface area contributed by atoms with Gasteiger partial charge in [0.1, 0.15) is 11.5 Å². The van der Waals surface area contributed by atoms with Crippen molar-refractivity contribution in [1.29, 1.82) is 0 Å². The Hall–Kier alpha value is -2.53. The largest absolute Gasteiger partial charge is 0.497 e. The third-order valence-electron chi connectivity index (χ3n) is 4.12. The van der Waals surface area contributed by atoms with Crippen molar-refractivity contribution in [1.82, 2.24) is 5.32 Å². The zero-order valence-corrected chi connectivity index (χ0v) is 14.9. The fourth-order valence-corrected chi connectivity index (χ4v) is 2.66. The van der Waals surface area contributed by atoms with Crippen LogP contribution in [0.15, 0.2) is 48.5 Å². The Morgan fingerprint density at radius 2 is 1.84 bits per heavy atom. The van der Waals surface area contributed by atoms with Crippen LogP contribution in [-0.2, 0) is 4.79 Å². The highest BCUT2D eigenvalue weighted by molar-refractivity contribution is 5.76. The molecular weight excluding hydrogens is 318 g/mol. The van der Waals surface area contributed by atoms with Gasteiger partial charge in [0.15, 0.2) is 0 Å². The Morgan fingerprint density at radius 3 is 2.48 bits per heavy atom. The molecule has 25 heavy (non-hydrogen) atoms. The van der Waals surface area contributed by atoms with Gasteiger partial charge in [-0.1, -0.05) is 30.3 Å². The third kappa shape index (κ3) is 5.22. The summed E-state index contributed by atoms with van der Waals surface area (Å²) in [4.78, 5) is 12.1. The van der Waals surface area contributed by atoms with Crippen LogP contribution in [-0.4, -0.2) is 25.2 Å². The van der Waals surface area contributed by atoms with Gasteiger partial charge in [0.25, 0.3) is 0 Å². The average Bonchev–Trinajstić information content (AvgIpc) is 2.66. The first kappa shape index (κ1) is 18.8. The third-order valence-corrected chi connectivity index (χ3v) is 4.12. The smallest absolute Gasteiger partial charge is 0.220 e. The van der Waals surface area contributed by atoms with Crippen molar-refractivity contribution < 1.29 is 19.4 Å². The highest BCUT2D eigenvalue weighted by Gasteiger charge is 2.17. The molecule has 0 aliphatic heterocycles. The molecule has 0 heterocycles. The van der Waals surface area contributed by atoms with E-state index >= 15 is 0 Å². The second-order valence-electron chi connectivity index (χ2n) is 5.86. The molecule has 0 aliphatic rings. The van der Waals surface area contributed by atoms with Crippen molar-refractivity contribution in [3.8, 4) is 11.5 Å². The first-order chi connectivity index (χ1) is 12.0. The molecule has 0 aliphatic carbocycles. The lowest BCUT2D eigenvalue weighted by Gasteiger charge is -2.17. The van der Waals surface area contributed by atoms with Crippen molar-refractivity contribution in [3.63, 3.8) is 0 Å². The van der Waals surface area contributed by atoms with Gasteiger partial charge in [0, 0.05) is 18.1 Å². The minimum atomic E-state index is -0.779. The molecule has 0 spiro atoms. The summed E-state index contributed by atoms with van der Waals surface area (Å²) < 4.78 is 10.4. The van der Waals surface area contributed by atoms with E-state index in [2.05, 4.69) is 5.32 Å². The Balaban J connectivity index is 1.91. The van der Waals surface area contributed by atoms with Crippen LogP contribution in [0.2, 0.25) is 0 Å². The number of carbonyl (C=O) groups excluding carboxylic acids is 1. The fraction of sp³-hybridized carbons (Fsp3) is 0.350. The number of hydrogen-bond acceptors (Lipinski definition) is 4. The number of rotatable bonds is 8. The number of amides is 1. The summed E-state index contributed by atoms with van der Waals surface area (Å²) in [5, 5.41) is 13.3. The van der Waals surface area contributed by atoms with Crippen LogP contribution in [0, 0.1) is 0 Å². The summed E-state index contributed by atoms with van der Waals surface area (Å²) in [5.41, 5.74) is 1.69. The lowest BCUT2D eigenvalue weighted by Crippen LogP contribution is -2.26. The first-order valence-corrected chi connectivity index (χ1v) is 8.29. The molecule has 0 bridgehead atoms. The van der Waals surface area contributed by atoms with Gasteiger partial charge in [-0.15, -0.1) is 0 Å². The molecule has 2 aromatic rings. The summed E-state index contributed by atoms with van der Waals surface area (Å²) in [6, 6.07) is 14.9. The molecule has 5 nitrogen and oxygen atoms in total. The van der Waals surface area contributed by atoms with Crippen LogP contribution in [0.25, 0.3) is 0 Å². The molecule has 2 N–H and O–H groups in total. The number of nitrogens with one attached hydrogen (secondary N) is 1. The normalized spacial score (nSPS) is 13.0. The fourth-order valence-electron chi connectivity index (χ4n) is 2.66. The maximum Gasteiger partial charge on any atom is 0.220 e. The van der Waals surface area contributed by atoms with Crippen molar-refractivity contribution in [3.05, 3.63) is 59.7 Å². The van der Waals surface area contributed by atoms with Gasteiger partial charge in [-0.05, 0) is 31.0 Å². The van der Waals surface area contributed by atoms with Gasteiger partial charge in [0.05, 0.1) is 26.4 Å². The van der Waals surface area contributed by atoms with Crippen LogP contribution in [0.5, 0.6) is 11.5 Å². The number of aliphatic hydroxyl groups excluding tert-OH is 1. The molecule has 5 heteroatoms. The van der Waals surface area contributed by atoms with Gasteiger partial charge in [-0.3, -0.25) is 4.79 Å². The van der Waals surface area contributed by atoms with Crippen LogP contribution in [0.4, 0.5) is 0 Å². The van der Waals surface area contributed by atoms with Crippen LogP contribution in [0.1, 0.15) is 43.0 Å². The van der Waals surface area contributed by atoms with E-state index in [9.17, 15) is 9.90 Å². The Labute approximate surface area is 148 Å². The SMILES string of the molecule is COc1ccc(C(O)CCC(=O)NC(C)c2ccccc2)c(OC)c1. The van der Waals surface area contributed by atoms with Gasteiger partial charge < -0.3 is 19.9 Å². The van der Waals surface area contributed by atoms with E-state index < -0.39 is 6.10 Å². The highest BCUT2D eigenvalue weighted by atomic mass is 16.5. The number of ether oxygens (including phenoxy) is 2. The molecule has 1 amide bonds. The van der Waals surface area contributed by atoms with Crippen molar-refractivity contribution >= 4 is 5.91 Å². The molecule has 2 rings (SSSR count). The topological polar surface area (TPSA) is 67.8 Å². The molecule has 0 saturated heterocycles. The molecule has 134 valence electrons. The van der Waals surface area contributed by atoms with Crippen molar-refractivity contribution in [2.24, 2.45) is 0 Å². The second kappa shape index (κ2) is 9.08. The Morgan fingerprint density at radius 1 is 1.12 bits per heavy atom. The molecule has 0 radical (unpaired) electrons. The van der Waals surface area contributed by atoms with E-state index in [0.717, 1.165) is 5.56 Å². The van der Waals surface area contributed by atoms with Crippen LogP contribution < -0.4 is 14.8 Å². The molecule has 0 saturated carbocycles. The Bertz CT molecular complexity index is 687. The van der Waals surface area contributed by atoms with Crippen LogP contribution >= 0.6 is 0 Å². The quantitative estimate of drug-likeness (QED) is 0.771. The summed E-state index contributed by atoms with van der Waals surface area (Å²) in [6.07, 6.45) is -0.234. The summed E-state index contributed by atoms with van der Waals surface area (Å²) in [6.45, 7) is 1.94. The first-order valence-electron chi connectivity index (χ1n) is 8.29. The number of aliphatic hydroxyl groups is 1. The minimum Gasteiger partial charge on any atom is -0.497 e. The maximum atomic E-state index is 12.1. The number of carbonyl (C=O) groups is 1. The van der Waals surface area contributed by atoms with E-state index in [-0.39, 0.29) is 18.4 Å². The molecule has 0 aromatic heterocycles. The Kier molecular flexibility index (Phi) is 6.83.